The van der Waals surface area contributed by atoms with Crippen molar-refractivity contribution in [3.05, 3.63) is 52.8 Å². The topological polar surface area (TPSA) is 66.9 Å². The number of carbonyl (C=O) groups excluding carboxylic acids is 1. The average molecular weight is 495 g/mol. The Hall–Kier alpha value is -2.32. The number of methoxy groups -OCH3 is 1. The largest absolute Gasteiger partial charge is 0.495 e. The zero-order chi connectivity index (χ0) is 23.6. The summed E-state index contributed by atoms with van der Waals surface area (Å²) in [7, 11) is -1.83. The number of benzene rings is 2. The number of sulfone groups is 1. The van der Waals surface area contributed by atoms with Crippen LogP contribution in [0.15, 0.2) is 41.3 Å². The van der Waals surface area contributed by atoms with Crippen LogP contribution in [0.4, 0.5) is 10.1 Å². The quantitative estimate of drug-likeness (QED) is 0.595. The summed E-state index contributed by atoms with van der Waals surface area (Å²) >= 11 is 6.06. The Morgan fingerprint density at radius 2 is 1.79 bits per heavy atom. The maximum Gasteiger partial charge on any atom is 0.255 e. The van der Waals surface area contributed by atoms with Gasteiger partial charge in [0.25, 0.3) is 5.91 Å². The van der Waals surface area contributed by atoms with Gasteiger partial charge in [0.05, 0.1) is 34.0 Å². The summed E-state index contributed by atoms with van der Waals surface area (Å²) in [6.07, 6.45) is 4.13. The van der Waals surface area contributed by atoms with Crippen LogP contribution in [0, 0.1) is 11.7 Å². The Morgan fingerprint density at radius 1 is 1.09 bits per heavy atom. The predicted octanol–water partition coefficient (Wildman–Crippen LogP) is 4.41. The molecule has 1 aliphatic heterocycles. The van der Waals surface area contributed by atoms with Gasteiger partial charge in [-0.1, -0.05) is 24.4 Å². The van der Waals surface area contributed by atoms with Gasteiger partial charge in [-0.3, -0.25) is 4.79 Å². The van der Waals surface area contributed by atoms with Crippen LogP contribution in [-0.4, -0.2) is 58.3 Å². The van der Waals surface area contributed by atoms with Crippen LogP contribution in [-0.2, 0) is 9.84 Å². The van der Waals surface area contributed by atoms with Gasteiger partial charge in [0, 0.05) is 26.2 Å². The highest BCUT2D eigenvalue weighted by Gasteiger charge is 2.28. The van der Waals surface area contributed by atoms with Crippen LogP contribution in [0.1, 0.15) is 36.0 Å². The molecule has 0 bridgehead atoms. The fourth-order valence-corrected chi connectivity index (χ4v) is 6.64. The lowest BCUT2D eigenvalue weighted by atomic mass is 10.1. The molecule has 1 saturated carbocycles. The molecular formula is C24H28ClFN2O4S. The van der Waals surface area contributed by atoms with Crippen molar-refractivity contribution in [3.8, 4) is 5.75 Å². The predicted molar refractivity (Wildman–Crippen MR) is 127 cm³/mol. The Bertz CT molecular complexity index is 1130. The van der Waals surface area contributed by atoms with Gasteiger partial charge >= 0.3 is 0 Å². The molecule has 1 saturated heterocycles. The fourth-order valence-electron chi connectivity index (χ4n) is 4.68. The zero-order valence-corrected chi connectivity index (χ0v) is 20.2. The van der Waals surface area contributed by atoms with Gasteiger partial charge < -0.3 is 14.5 Å². The first kappa shape index (κ1) is 23.8. The van der Waals surface area contributed by atoms with Gasteiger partial charge in [0.2, 0.25) is 0 Å². The standard InChI is InChI=1S/C24H28ClFN2O4S/c1-32-23-9-7-19(33(30,31)16-17-4-2-3-5-17)15-22(23)27-10-12-28(13-11-27)24(29)20-8-6-18(26)14-21(20)25/h6-9,14-15,17H,2-5,10-13,16H2,1H3. The Morgan fingerprint density at radius 3 is 2.42 bits per heavy atom. The summed E-state index contributed by atoms with van der Waals surface area (Å²) in [6, 6.07) is 8.76. The molecule has 1 heterocycles. The molecule has 0 radical (unpaired) electrons. The van der Waals surface area contributed by atoms with Crippen molar-refractivity contribution in [2.45, 2.75) is 30.6 Å². The third kappa shape index (κ3) is 5.27. The van der Waals surface area contributed by atoms with E-state index in [0.29, 0.717) is 42.5 Å². The second-order valence-electron chi connectivity index (χ2n) is 8.67. The van der Waals surface area contributed by atoms with Crippen LogP contribution >= 0.6 is 11.6 Å². The average Bonchev–Trinajstić information content (AvgIpc) is 3.30. The number of anilines is 1. The molecule has 2 aliphatic rings. The van der Waals surface area contributed by atoms with Crippen LogP contribution in [0.3, 0.4) is 0 Å². The van der Waals surface area contributed by atoms with Crippen LogP contribution in [0.2, 0.25) is 5.02 Å². The van der Waals surface area contributed by atoms with Gasteiger partial charge in [-0.25, -0.2) is 12.8 Å². The Labute approximate surface area is 199 Å². The number of rotatable bonds is 6. The lowest BCUT2D eigenvalue weighted by Crippen LogP contribution is -2.49. The first-order valence-electron chi connectivity index (χ1n) is 11.2. The minimum absolute atomic E-state index is 0.0873. The molecule has 1 aliphatic carbocycles. The maximum absolute atomic E-state index is 13.3. The molecule has 0 aromatic heterocycles. The normalized spacial score (nSPS) is 17.4. The molecule has 4 rings (SSSR count). The number of nitrogens with zero attached hydrogens (tertiary/aromatic N) is 2. The summed E-state index contributed by atoms with van der Waals surface area (Å²) in [5.41, 5.74) is 0.973. The monoisotopic (exact) mass is 494 g/mol. The van der Waals surface area contributed by atoms with Crippen molar-refractivity contribution in [2.75, 3.05) is 43.9 Å². The van der Waals surface area contributed by atoms with E-state index in [1.807, 2.05) is 4.90 Å². The molecule has 178 valence electrons. The molecule has 33 heavy (non-hydrogen) atoms. The Balaban J connectivity index is 1.49. The molecule has 1 amide bonds. The van der Waals surface area contributed by atoms with E-state index in [4.69, 9.17) is 16.3 Å². The molecule has 0 spiro atoms. The van der Waals surface area contributed by atoms with Gasteiger partial charge in [-0.05, 0) is 55.2 Å². The van der Waals surface area contributed by atoms with E-state index in [0.717, 1.165) is 31.7 Å². The summed E-state index contributed by atoms with van der Waals surface area (Å²) in [5, 5.41) is 0.0873. The van der Waals surface area contributed by atoms with Crippen molar-refractivity contribution in [1.29, 1.82) is 0 Å². The van der Waals surface area contributed by atoms with Gasteiger partial charge in [0.15, 0.2) is 9.84 Å². The highest BCUT2D eigenvalue weighted by atomic mass is 35.5. The molecule has 2 aromatic rings. The maximum atomic E-state index is 13.3. The third-order valence-electron chi connectivity index (χ3n) is 6.51. The molecule has 0 atom stereocenters. The van der Waals surface area contributed by atoms with E-state index in [1.54, 1.807) is 30.2 Å². The molecule has 6 nitrogen and oxygen atoms in total. The molecule has 2 fully saturated rings. The third-order valence-corrected chi connectivity index (χ3v) is 8.70. The van der Waals surface area contributed by atoms with E-state index in [2.05, 4.69) is 0 Å². The van der Waals surface area contributed by atoms with Crippen LogP contribution in [0.25, 0.3) is 0 Å². The number of carbonyl (C=O) groups is 1. The van der Waals surface area contributed by atoms with E-state index in [9.17, 15) is 17.6 Å². The summed E-state index contributed by atoms with van der Waals surface area (Å²) in [5.74, 6) is 0.264. The first-order chi connectivity index (χ1) is 15.8. The second-order valence-corrected chi connectivity index (χ2v) is 11.1. The SMILES string of the molecule is COc1ccc(S(=O)(=O)CC2CCCC2)cc1N1CCN(C(=O)c2ccc(F)cc2Cl)CC1. The van der Waals surface area contributed by atoms with Crippen molar-refractivity contribution < 1.29 is 22.3 Å². The zero-order valence-electron chi connectivity index (χ0n) is 18.6. The van der Waals surface area contributed by atoms with E-state index < -0.39 is 15.7 Å². The van der Waals surface area contributed by atoms with Crippen molar-refractivity contribution in [3.63, 3.8) is 0 Å². The molecular weight excluding hydrogens is 467 g/mol. The highest BCUT2D eigenvalue weighted by Crippen LogP contribution is 2.34. The molecule has 0 unspecified atom stereocenters. The Kier molecular flexibility index (Phi) is 7.14. The smallest absolute Gasteiger partial charge is 0.255 e. The number of amides is 1. The molecule has 9 heteroatoms. The highest BCUT2D eigenvalue weighted by molar-refractivity contribution is 7.91. The summed E-state index contributed by atoms with van der Waals surface area (Å²) in [6.45, 7) is 1.86. The van der Waals surface area contributed by atoms with Gasteiger partial charge in [0.1, 0.15) is 11.6 Å². The van der Waals surface area contributed by atoms with Gasteiger partial charge in [-0.2, -0.15) is 0 Å². The molecule has 0 N–H and O–H groups in total. The summed E-state index contributed by atoms with van der Waals surface area (Å²) in [4.78, 5) is 16.9. The van der Waals surface area contributed by atoms with E-state index >= 15 is 0 Å². The number of ether oxygens (including phenoxy) is 1. The minimum atomic E-state index is -3.39. The number of halogens is 2. The number of hydrogen-bond acceptors (Lipinski definition) is 5. The number of hydrogen-bond donors (Lipinski definition) is 0. The summed E-state index contributed by atoms with van der Waals surface area (Å²) < 4.78 is 44.9. The second kappa shape index (κ2) is 9.89. The van der Waals surface area contributed by atoms with Gasteiger partial charge in [-0.15, -0.1) is 0 Å². The van der Waals surface area contributed by atoms with Crippen molar-refractivity contribution >= 4 is 33.0 Å². The van der Waals surface area contributed by atoms with Crippen LogP contribution < -0.4 is 9.64 Å². The van der Waals surface area contributed by atoms with Crippen molar-refractivity contribution in [2.24, 2.45) is 5.92 Å². The lowest BCUT2D eigenvalue weighted by Gasteiger charge is -2.37. The lowest BCUT2D eigenvalue weighted by molar-refractivity contribution is 0.0747. The minimum Gasteiger partial charge on any atom is -0.495 e. The number of piperazine rings is 1. The van der Waals surface area contributed by atoms with E-state index in [-0.39, 0.29) is 28.2 Å². The molecule has 2 aromatic carbocycles. The van der Waals surface area contributed by atoms with E-state index in [1.165, 1.54) is 12.1 Å². The van der Waals surface area contributed by atoms with Crippen molar-refractivity contribution in [1.82, 2.24) is 4.90 Å². The van der Waals surface area contributed by atoms with Crippen LogP contribution in [0.5, 0.6) is 5.75 Å². The fraction of sp³-hybridized carbons (Fsp3) is 0.458. The first-order valence-corrected chi connectivity index (χ1v) is 13.2.